The van der Waals surface area contributed by atoms with Crippen LogP contribution in [0.4, 0.5) is 0 Å². The van der Waals surface area contributed by atoms with Crippen LogP contribution in [0, 0.1) is 0 Å². The Labute approximate surface area is 230 Å². The molecule has 0 spiro atoms. The quantitative estimate of drug-likeness (QED) is 0.149. The van der Waals surface area contributed by atoms with Gasteiger partial charge in [0.15, 0.2) is 11.5 Å². The second-order valence-corrected chi connectivity index (χ2v) is 9.65. The summed E-state index contributed by atoms with van der Waals surface area (Å²) in [5, 5.41) is 8.68. The summed E-state index contributed by atoms with van der Waals surface area (Å²) in [6.07, 6.45) is 1.84. The first-order chi connectivity index (χ1) is 18.6. The smallest absolute Gasteiger partial charge is 0.244 e. The summed E-state index contributed by atoms with van der Waals surface area (Å²) in [6.45, 7) is 2.81. The van der Waals surface area contributed by atoms with Crippen LogP contribution in [0.15, 0.2) is 107 Å². The van der Waals surface area contributed by atoms with Crippen molar-refractivity contribution in [2.24, 2.45) is 5.10 Å². The number of fused-ring (bicyclic) bond motifs is 2. The van der Waals surface area contributed by atoms with E-state index in [1.165, 1.54) is 5.39 Å². The zero-order valence-electron chi connectivity index (χ0n) is 21.0. The molecule has 0 fully saturated rings. The van der Waals surface area contributed by atoms with E-state index in [0.717, 1.165) is 37.3 Å². The molecule has 6 heteroatoms. The molecule has 0 heterocycles. The molecule has 0 atom stereocenters. The second-order valence-electron chi connectivity index (χ2n) is 8.80. The Morgan fingerprint density at radius 3 is 2.18 bits per heavy atom. The molecule has 5 rings (SSSR count). The number of amides is 1. The molecule has 1 amide bonds. The number of benzene rings is 5. The minimum absolute atomic E-state index is 0.184. The molecule has 0 aromatic heterocycles. The number of nitrogens with zero attached hydrogens (tertiary/aromatic N) is 1. The molecule has 5 aromatic carbocycles. The summed E-state index contributed by atoms with van der Waals surface area (Å²) in [5.41, 5.74) is 5.46. The zero-order valence-corrected chi connectivity index (χ0v) is 22.6. The van der Waals surface area contributed by atoms with Crippen LogP contribution in [0.5, 0.6) is 11.5 Å². The summed E-state index contributed by atoms with van der Waals surface area (Å²) in [7, 11) is 0. The van der Waals surface area contributed by atoms with Crippen LogP contribution in [-0.2, 0) is 17.8 Å². The zero-order chi connectivity index (χ0) is 26.3. The largest absolute Gasteiger partial charge is 0.490 e. The monoisotopic (exact) mass is 566 g/mol. The van der Waals surface area contributed by atoms with Gasteiger partial charge in [0.25, 0.3) is 0 Å². The molecule has 0 radical (unpaired) electrons. The van der Waals surface area contributed by atoms with Crippen molar-refractivity contribution in [3.8, 4) is 11.5 Å². The van der Waals surface area contributed by atoms with E-state index in [0.29, 0.717) is 24.7 Å². The average Bonchev–Trinajstić information content (AvgIpc) is 2.93. The highest BCUT2D eigenvalue weighted by Crippen LogP contribution is 2.37. The van der Waals surface area contributed by atoms with Crippen molar-refractivity contribution in [3.05, 3.63) is 118 Å². The fourth-order valence-electron chi connectivity index (χ4n) is 4.47. The summed E-state index contributed by atoms with van der Waals surface area (Å²) in [6, 6.07) is 32.2. The fraction of sp³-hybridized carbons (Fsp3) is 0.125. The highest BCUT2D eigenvalue weighted by atomic mass is 79.9. The number of carbonyl (C=O) groups is 1. The summed E-state index contributed by atoms with van der Waals surface area (Å²) in [4.78, 5) is 12.6. The molecule has 0 bridgehead atoms. The van der Waals surface area contributed by atoms with Crippen LogP contribution in [0.2, 0.25) is 0 Å². The topological polar surface area (TPSA) is 59.9 Å². The Morgan fingerprint density at radius 1 is 0.842 bits per heavy atom. The summed E-state index contributed by atoms with van der Waals surface area (Å²) >= 11 is 3.63. The van der Waals surface area contributed by atoms with Gasteiger partial charge in [-0.2, -0.15) is 5.10 Å². The highest BCUT2D eigenvalue weighted by molar-refractivity contribution is 9.10. The van der Waals surface area contributed by atoms with E-state index in [4.69, 9.17) is 9.47 Å². The number of rotatable bonds is 9. The van der Waals surface area contributed by atoms with Crippen LogP contribution in [0.3, 0.4) is 0 Å². The van der Waals surface area contributed by atoms with Crippen molar-refractivity contribution in [1.82, 2.24) is 5.43 Å². The van der Waals surface area contributed by atoms with E-state index in [9.17, 15) is 4.79 Å². The van der Waals surface area contributed by atoms with E-state index in [1.807, 2.05) is 79.7 Å². The lowest BCUT2D eigenvalue weighted by molar-refractivity contribution is -0.120. The van der Waals surface area contributed by atoms with Gasteiger partial charge >= 0.3 is 0 Å². The highest BCUT2D eigenvalue weighted by Gasteiger charge is 2.13. The van der Waals surface area contributed by atoms with Gasteiger partial charge in [-0.15, -0.1) is 0 Å². The third-order valence-electron chi connectivity index (χ3n) is 6.22. The lowest BCUT2D eigenvalue weighted by atomic mass is 10.0. The number of nitrogens with one attached hydrogen (secondary N) is 1. The standard InChI is InChI=1S/C32H27BrN2O3/c1-2-37-30-18-22(20-34-35-31(36)19-25-13-7-11-23-9-3-5-15-27(23)25)17-29(33)32(30)38-21-26-14-8-12-24-10-4-6-16-28(24)26/h3-18,20H,2,19,21H2,1H3,(H,35,36)/b34-20-. The molecule has 0 saturated carbocycles. The van der Waals surface area contributed by atoms with Gasteiger partial charge in [0.05, 0.1) is 23.7 Å². The summed E-state index contributed by atoms with van der Waals surface area (Å²) < 4.78 is 12.8. The fourth-order valence-corrected chi connectivity index (χ4v) is 5.05. The first kappa shape index (κ1) is 25.5. The van der Waals surface area contributed by atoms with Gasteiger partial charge in [-0.25, -0.2) is 5.43 Å². The Kier molecular flexibility index (Phi) is 8.00. The first-order valence-corrected chi connectivity index (χ1v) is 13.3. The minimum atomic E-state index is -0.184. The van der Waals surface area contributed by atoms with Gasteiger partial charge in [-0.3, -0.25) is 4.79 Å². The van der Waals surface area contributed by atoms with Gasteiger partial charge in [0, 0.05) is 0 Å². The maximum Gasteiger partial charge on any atom is 0.244 e. The second kappa shape index (κ2) is 11.9. The summed E-state index contributed by atoms with van der Waals surface area (Å²) in [5.74, 6) is 1.04. The van der Waals surface area contributed by atoms with Crippen LogP contribution in [-0.4, -0.2) is 18.7 Å². The van der Waals surface area contributed by atoms with Crippen LogP contribution in [0.25, 0.3) is 21.5 Å². The van der Waals surface area contributed by atoms with Crippen molar-refractivity contribution in [2.45, 2.75) is 20.0 Å². The van der Waals surface area contributed by atoms with E-state index < -0.39 is 0 Å². The maximum absolute atomic E-state index is 12.6. The van der Waals surface area contributed by atoms with Crippen LogP contribution < -0.4 is 14.9 Å². The molecule has 0 aliphatic heterocycles. The molecule has 0 saturated heterocycles. The molecular formula is C32H27BrN2O3. The number of hydrazone groups is 1. The lowest BCUT2D eigenvalue weighted by Gasteiger charge is -2.15. The van der Waals surface area contributed by atoms with Crippen molar-refractivity contribution in [2.75, 3.05) is 6.61 Å². The van der Waals surface area contributed by atoms with E-state index >= 15 is 0 Å². The van der Waals surface area contributed by atoms with Gasteiger partial charge in [0.1, 0.15) is 6.61 Å². The predicted octanol–water partition coefficient (Wildman–Crippen LogP) is 7.43. The third kappa shape index (κ3) is 5.87. The van der Waals surface area contributed by atoms with E-state index in [2.05, 4.69) is 50.7 Å². The molecule has 38 heavy (non-hydrogen) atoms. The number of carbonyl (C=O) groups excluding carboxylic acids is 1. The molecule has 0 aliphatic carbocycles. The van der Waals surface area contributed by atoms with E-state index in [1.54, 1.807) is 6.21 Å². The third-order valence-corrected chi connectivity index (χ3v) is 6.81. The Morgan fingerprint density at radius 2 is 1.47 bits per heavy atom. The molecule has 0 unspecified atom stereocenters. The Balaban J connectivity index is 1.28. The molecule has 1 N–H and O–H groups in total. The number of hydrogen-bond acceptors (Lipinski definition) is 4. The van der Waals surface area contributed by atoms with Crippen LogP contribution >= 0.6 is 15.9 Å². The minimum Gasteiger partial charge on any atom is -0.490 e. The molecule has 0 aliphatic rings. The van der Waals surface area contributed by atoms with Crippen molar-refractivity contribution in [3.63, 3.8) is 0 Å². The van der Waals surface area contributed by atoms with Gasteiger partial charge in [0.2, 0.25) is 5.91 Å². The van der Waals surface area contributed by atoms with Gasteiger partial charge in [-0.05, 0) is 73.2 Å². The lowest BCUT2D eigenvalue weighted by Crippen LogP contribution is -2.19. The average molecular weight is 567 g/mol. The SMILES string of the molecule is CCOc1cc(/C=N\NC(=O)Cc2cccc3ccccc23)cc(Br)c1OCc1cccc2ccccc12. The molecule has 190 valence electrons. The van der Waals surface area contributed by atoms with Crippen molar-refractivity contribution >= 4 is 49.6 Å². The first-order valence-electron chi connectivity index (χ1n) is 12.5. The normalized spacial score (nSPS) is 11.2. The Bertz CT molecular complexity index is 1620. The Hall–Kier alpha value is -4.16. The van der Waals surface area contributed by atoms with Crippen molar-refractivity contribution in [1.29, 1.82) is 0 Å². The van der Waals surface area contributed by atoms with Gasteiger partial charge in [-0.1, -0.05) is 84.9 Å². The van der Waals surface area contributed by atoms with Gasteiger partial charge < -0.3 is 9.47 Å². The van der Waals surface area contributed by atoms with Crippen LogP contribution in [0.1, 0.15) is 23.6 Å². The molecular weight excluding hydrogens is 540 g/mol. The number of ether oxygens (including phenoxy) is 2. The molecule has 5 nitrogen and oxygen atoms in total. The van der Waals surface area contributed by atoms with E-state index in [-0.39, 0.29) is 12.3 Å². The number of hydrogen-bond donors (Lipinski definition) is 1. The van der Waals surface area contributed by atoms with Crippen molar-refractivity contribution < 1.29 is 14.3 Å². The molecule has 5 aromatic rings. The maximum atomic E-state index is 12.6. The predicted molar refractivity (Wildman–Crippen MR) is 157 cm³/mol. The number of halogens is 1.